The number of rotatable bonds is 4. The second kappa shape index (κ2) is 7.56. The Bertz CT molecular complexity index is 949. The molecule has 0 bridgehead atoms. The number of hydrogen-bond donors (Lipinski definition) is 1. The molecule has 1 aliphatic rings. The summed E-state index contributed by atoms with van der Waals surface area (Å²) in [5.74, 6) is -0.740. The van der Waals surface area contributed by atoms with Gasteiger partial charge in [-0.25, -0.2) is 0 Å². The van der Waals surface area contributed by atoms with Crippen LogP contribution in [0.2, 0.25) is 0 Å². The highest BCUT2D eigenvalue weighted by molar-refractivity contribution is 6.02. The molecule has 2 N–H and O–H groups in total. The summed E-state index contributed by atoms with van der Waals surface area (Å²) in [6, 6.07) is 26.5. The lowest BCUT2D eigenvalue weighted by atomic mass is 9.89. The van der Waals surface area contributed by atoms with E-state index in [-0.39, 0.29) is 12.5 Å². The Hall–Kier alpha value is -3.60. The van der Waals surface area contributed by atoms with Crippen LogP contribution < -0.4 is 15.4 Å². The van der Waals surface area contributed by atoms with Crippen molar-refractivity contribution in [1.82, 2.24) is 0 Å². The molecule has 0 unspecified atom stereocenters. The minimum Gasteiger partial charge on any atom is -0.477 e. The molecule has 3 aromatic rings. The highest BCUT2D eigenvalue weighted by atomic mass is 16.5. The molecule has 0 aromatic heterocycles. The highest BCUT2D eigenvalue weighted by Crippen LogP contribution is 2.36. The van der Waals surface area contributed by atoms with E-state index in [0.717, 1.165) is 11.1 Å². The maximum atomic E-state index is 13.7. The quantitative estimate of drug-likeness (QED) is 0.765. The molecular weight excluding hydrogens is 352 g/mol. The monoisotopic (exact) mass is 372 g/mol. The van der Waals surface area contributed by atoms with Crippen LogP contribution in [0.25, 0.3) is 0 Å². The number of para-hydroxylation sites is 2. The third kappa shape index (κ3) is 3.34. The molecule has 0 spiro atoms. The van der Waals surface area contributed by atoms with Crippen molar-refractivity contribution in [2.75, 3.05) is 11.4 Å². The van der Waals surface area contributed by atoms with Crippen molar-refractivity contribution in [3.05, 3.63) is 96.1 Å². The maximum Gasteiger partial charge on any atom is 0.260 e. The van der Waals surface area contributed by atoms with Crippen molar-refractivity contribution in [1.29, 1.82) is 0 Å². The predicted molar refractivity (Wildman–Crippen MR) is 107 cm³/mol. The Kier molecular flexibility index (Phi) is 4.81. The molecule has 5 nitrogen and oxygen atoms in total. The smallest absolute Gasteiger partial charge is 0.260 e. The number of hydrogen-bond acceptors (Lipinski definition) is 3. The van der Waals surface area contributed by atoms with Gasteiger partial charge in [-0.2, -0.15) is 0 Å². The summed E-state index contributed by atoms with van der Waals surface area (Å²) in [4.78, 5) is 27.2. The molecular formula is C23H20N2O3. The van der Waals surface area contributed by atoms with Gasteiger partial charge >= 0.3 is 0 Å². The first-order chi connectivity index (χ1) is 13.6. The third-order valence-electron chi connectivity index (χ3n) is 4.87. The number of anilines is 1. The van der Waals surface area contributed by atoms with Crippen molar-refractivity contribution in [3.8, 4) is 5.75 Å². The number of nitrogens with zero attached hydrogens (tertiary/aromatic N) is 1. The van der Waals surface area contributed by atoms with Crippen LogP contribution in [0.15, 0.2) is 84.9 Å². The van der Waals surface area contributed by atoms with E-state index in [1.807, 2.05) is 72.8 Å². The zero-order chi connectivity index (χ0) is 19.5. The minimum absolute atomic E-state index is 0.0847. The minimum atomic E-state index is -0.883. The molecule has 140 valence electrons. The van der Waals surface area contributed by atoms with Crippen LogP contribution in [0.1, 0.15) is 17.0 Å². The molecule has 1 atom stereocenters. The van der Waals surface area contributed by atoms with Gasteiger partial charge < -0.3 is 15.4 Å². The largest absolute Gasteiger partial charge is 0.477 e. The number of benzene rings is 3. The van der Waals surface area contributed by atoms with E-state index < -0.39 is 17.9 Å². The number of carbonyl (C=O) groups excluding carboxylic acids is 2. The molecule has 28 heavy (non-hydrogen) atoms. The number of primary amides is 1. The van der Waals surface area contributed by atoms with E-state index in [4.69, 9.17) is 10.5 Å². The zero-order valence-corrected chi connectivity index (χ0v) is 15.2. The van der Waals surface area contributed by atoms with Gasteiger partial charge in [0.2, 0.25) is 5.91 Å². The first-order valence-corrected chi connectivity index (χ1v) is 9.11. The number of nitrogens with two attached hydrogens (primary N) is 1. The molecule has 2 amide bonds. The number of amides is 2. The summed E-state index contributed by atoms with van der Waals surface area (Å²) >= 11 is 0. The number of carbonyl (C=O) groups is 2. The van der Waals surface area contributed by atoms with Crippen LogP contribution in [-0.2, 0) is 9.59 Å². The summed E-state index contributed by atoms with van der Waals surface area (Å²) in [6.07, 6.45) is -0.883. The topological polar surface area (TPSA) is 72.6 Å². The van der Waals surface area contributed by atoms with E-state index in [1.54, 1.807) is 17.0 Å². The van der Waals surface area contributed by atoms with Gasteiger partial charge in [0.15, 0.2) is 6.10 Å². The highest BCUT2D eigenvalue weighted by Gasteiger charge is 2.36. The molecule has 0 saturated carbocycles. The number of ether oxygens (including phenoxy) is 1. The molecule has 1 heterocycles. The number of fused-ring (bicyclic) bond motifs is 1. The second-order valence-electron chi connectivity index (χ2n) is 6.68. The molecule has 0 radical (unpaired) electrons. The van der Waals surface area contributed by atoms with Crippen LogP contribution >= 0.6 is 0 Å². The average molecular weight is 372 g/mol. The van der Waals surface area contributed by atoms with E-state index in [2.05, 4.69) is 0 Å². The molecule has 0 aliphatic carbocycles. The van der Waals surface area contributed by atoms with Crippen molar-refractivity contribution in [2.45, 2.75) is 12.0 Å². The van der Waals surface area contributed by atoms with E-state index in [1.165, 1.54) is 0 Å². The van der Waals surface area contributed by atoms with Crippen molar-refractivity contribution < 1.29 is 14.3 Å². The van der Waals surface area contributed by atoms with E-state index in [0.29, 0.717) is 11.4 Å². The van der Waals surface area contributed by atoms with Crippen molar-refractivity contribution >= 4 is 17.5 Å². The first kappa shape index (κ1) is 17.8. The molecule has 1 aliphatic heterocycles. The van der Waals surface area contributed by atoms with Gasteiger partial charge in [-0.3, -0.25) is 9.59 Å². The fourth-order valence-corrected chi connectivity index (χ4v) is 3.52. The standard InChI is InChI=1S/C23H20N2O3/c24-22(26)20-15-25(18-13-7-8-14-19(18)28-20)23(27)21(16-9-3-1-4-10-16)17-11-5-2-6-12-17/h1-14,20-21H,15H2,(H2,24,26)/t20-/m1/s1. The molecule has 3 aromatic carbocycles. The molecule has 5 heteroatoms. The summed E-state index contributed by atoms with van der Waals surface area (Å²) < 4.78 is 5.70. The van der Waals surface area contributed by atoms with Gasteiger partial charge in [0.1, 0.15) is 5.75 Å². The van der Waals surface area contributed by atoms with Gasteiger partial charge in [0, 0.05) is 0 Å². The molecule has 4 rings (SSSR count). The third-order valence-corrected chi connectivity index (χ3v) is 4.87. The van der Waals surface area contributed by atoms with Crippen LogP contribution in [0.3, 0.4) is 0 Å². The van der Waals surface area contributed by atoms with Crippen LogP contribution in [0.5, 0.6) is 5.75 Å². The Morgan fingerprint density at radius 2 is 1.39 bits per heavy atom. The normalized spacial score (nSPS) is 15.6. The van der Waals surface area contributed by atoms with Gasteiger partial charge in [0.25, 0.3) is 5.91 Å². The predicted octanol–water partition coefficient (Wildman–Crippen LogP) is 3.10. The zero-order valence-electron chi connectivity index (χ0n) is 15.2. The van der Waals surface area contributed by atoms with Crippen LogP contribution in [0.4, 0.5) is 5.69 Å². The Morgan fingerprint density at radius 3 is 1.96 bits per heavy atom. The van der Waals surface area contributed by atoms with Gasteiger partial charge in [0.05, 0.1) is 18.2 Å². The maximum absolute atomic E-state index is 13.7. The fourth-order valence-electron chi connectivity index (χ4n) is 3.52. The average Bonchev–Trinajstić information content (AvgIpc) is 2.74. The second-order valence-corrected chi connectivity index (χ2v) is 6.68. The van der Waals surface area contributed by atoms with Gasteiger partial charge in [-0.15, -0.1) is 0 Å². The van der Waals surface area contributed by atoms with E-state index >= 15 is 0 Å². The summed E-state index contributed by atoms with van der Waals surface area (Å²) in [5, 5.41) is 0. The molecule has 0 fully saturated rings. The Labute approximate surface area is 163 Å². The lowest BCUT2D eigenvalue weighted by Crippen LogP contribution is -2.50. The fraction of sp³-hybridized carbons (Fsp3) is 0.130. The Morgan fingerprint density at radius 1 is 0.857 bits per heavy atom. The van der Waals surface area contributed by atoms with Gasteiger partial charge in [-0.05, 0) is 23.3 Å². The van der Waals surface area contributed by atoms with Crippen molar-refractivity contribution in [2.24, 2.45) is 5.73 Å². The van der Waals surface area contributed by atoms with Crippen LogP contribution in [0, 0.1) is 0 Å². The van der Waals surface area contributed by atoms with Crippen molar-refractivity contribution in [3.63, 3.8) is 0 Å². The Balaban J connectivity index is 1.79. The summed E-state index contributed by atoms with van der Waals surface area (Å²) in [6.45, 7) is 0.0847. The van der Waals surface area contributed by atoms with E-state index in [9.17, 15) is 9.59 Å². The van der Waals surface area contributed by atoms with Crippen LogP contribution in [-0.4, -0.2) is 24.5 Å². The summed E-state index contributed by atoms with van der Waals surface area (Å²) in [5.41, 5.74) is 7.90. The first-order valence-electron chi connectivity index (χ1n) is 9.11. The van der Waals surface area contributed by atoms with Gasteiger partial charge in [-0.1, -0.05) is 72.8 Å². The lowest BCUT2D eigenvalue weighted by molar-refractivity contribution is -0.125. The SMILES string of the molecule is NC(=O)[C@H]1CN(C(=O)C(c2ccccc2)c2ccccc2)c2ccccc2O1. The lowest BCUT2D eigenvalue weighted by Gasteiger charge is -2.35. The molecule has 0 saturated heterocycles. The summed E-state index contributed by atoms with van der Waals surface area (Å²) in [7, 11) is 0.